The third-order valence-corrected chi connectivity index (χ3v) is 3.07. The third-order valence-electron chi connectivity index (χ3n) is 2.37. The smallest absolute Gasteiger partial charge is 0.201 e. The highest BCUT2D eigenvalue weighted by Gasteiger charge is 2.14. The van der Waals surface area contributed by atoms with Crippen LogP contribution < -0.4 is 4.74 Å². The van der Waals surface area contributed by atoms with Gasteiger partial charge in [0.1, 0.15) is 5.75 Å². The van der Waals surface area contributed by atoms with Gasteiger partial charge in [0, 0.05) is 15.1 Å². The van der Waals surface area contributed by atoms with E-state index in [2.05, 4.69) is 15.9 Å². The number of hydrogen-bond donors (Lipinski definition) is 1. The van der Waals surface area contributed by atoms with Gasteiger partial charge in [0.25, 0.3) is 0 Å². The molecule has 0 heterocycles. The summed E-state index contributed by atoms with van der Waals surface area (Å²) in [5, 5.41) is 9.60. The first kappa shape index (κ1) is 14.2. The Hall–Kier alpha value is -1.17. The minimum Gasteiger partial charge on any atom is -0.454 e. The molecular weight excluding hydrogens is 341 g/mol. The van der Waals surface area contributed by atoms with Crippen molar-refractivity contribution in [3.8, 4) is 11.5 Å². The number of halogens is 4. The van der Waals surface area contributed by atoms with Crippen molar-refractivity contribution >= 4 is 27.5 Å². The van der Waals surface area contributed by atoms with Crippen LogP contribution in [-0.2, 0) is 6.61 Å². The molecule has 0 unspecified atom stereocenters. The second-order valence-electron chi connectivity index (χ2n) is 3.71. The highest BCUT2D eigenvalue weighted by Crippen LogP contribution is 2.32. The topological polar surface area (TPSA) is 29.5 Å². The van der Waals surface area contributed by atoms with Gasteiger partial charge in [-0.2, -0.15) is 4.39 Å². The molecule has 100 valence electrons. The van der Waals surface area contributed by atoms with Gasteiger partial charge < -0.3 is 9.84 Å². The summed E-state index contributed by atoms with van der Waals surface area (Å²) < 4.78 is 32.4. The summed E-state index contributed by atoms with van der Waals surface area (Å²) in [5.74, 6) is -2.18. The number of rotatable bonds is 3. The molecule has 0 atom stereocenters. The lowest BCUT2D eigenvalue weighted by atomic mass is 10.2. The van der Waals surface area contributed by atoms with Gasteiger partial charge in [-0.15, -0.1) is 0 Å². The van der Waals surface area contributed by atoms with Crippen molar-refractivity contribution in [2.45, 2.75) is 6.61 Å². The number of benzene rings is 2. The molecule has 0 spiro atoms. The monoisotopic (exact) mass is 348 g/mol. The van der Waals surface area contributed by atoms with Gasteiger partial charge in [0.15, 0.2) is 11.6 Å². The quantitative estimate of drug-likeness (QED) is 0.816. The van der Waals surface area contributed by atoms with E-state index in [1.807, 2.05) is 0 Å². The van der Waals surface area contributed by atoms with Crippen LogP contribution >= 0.6 is 27.5 Å². The van der Waals surface area contributed by atoms with E-state index in [1.165, 1.54) is 24.3 Å². The normalized spacial score (nSPS) is 10.6. The zero-order valence-electron chi connectivity index (χ0n) is 9.46. The van der Waals surface area contributed by atoms with E-state index in [1.54, 1.807) is 0 Å². The van der Waals surface area contributed by atoms with Crippen LogP contribution in [0.5, 0.6) is 11.5 Å². The lowest BCUT2D eigenvalue weighted by Crippen LogP contribution is -1.96. The number of ether oxygens (including phenoxy) is 1. The number of hydrogen-bond acceptors (Lipinski definition) is 2. The van der Waals surface area contributed by atoms with Crippen LogP contribution in [0, 0.1) is 11.6 Å². The second-order valence-corrected chi connectivity index (χ2v) is 5.06. The van der Waals surface area contributed by atoms with Crippen molar-refractivity contribution in [1.82, 2.24) is 0 Å². The van der Waals surface area contributed by atoms with Gasteiger partial charge in [-0.3, -0.25) is 0 Å². The molecule has 2 aromatic carbocycles. The molecule has 1 N–H and O–H groups in total. The Balaban J connectivity index is 2.41. The first-order valence-corrected chi connectivity index (χ1v) is 6.40. The fraction of sp³-hybridized carbons (Fsp3) is 0.0769. The Bertz CT molecular complexity index is 620. The van der Waals surface area contributed by atoms with Crippen molar-refractivity contribution in [2.75, 3.05) is 0 Å². The SMILES string of the molecule is OCc1cc(Cl)ccc1Oc1cc(Br)cc(F)c1F. The highest BCUT2D eigenvalue weighted by molar-refractivity contribution is 9.10. The minimum absolute atomic E-state index is 0.211. The van der Waals surface area contributed by atoms with E-state index in [-0.39, 0.29) is 18.1 Å². The van der Waals surface area contributed by atoms with Crippen LogP contribution in [-0.4, -0.2) is 5.11 Å². The summed E-state index contributed by atoms with van der Waals surface area (Å²) in [5.41, 5.74) is 0.382. The Morgan fingerprint density at radius 3 is 2.58 bits per heavy atom. The molecule has 0 aliphatic carbocycles. The molecule has 0 aliphatic heterocycles. The van der Waals surface area contributed by atoms with Crippen LogP contribution in [0.15, 0.2) is 34.8 Å². The molecule has 0 amide bonds. The van der Waals surface area contributed by atoms with E-state index >= 15 is 0 Å². The van der Waals surface area contributed by atoms with E-state index in [9.17, 15) is 13.9 Å². The summed E-state index contributed by atoms with van der Waals surface area (Å²) >= 11 is 8.82. The zero-order valence-corrected chi connectivity index (χ0v) is 11.8. The van der Waals surface area contributed by atoms with Crippen LogP contribution in [0.4, 0.5) is 8.78 Å². The molecule has 19 heavy (non-hydrogen) atoms. The number of aliphatic hydroxyl groups excluding tert-OH is 1. The maximum absolute atomic E-state index is 13.6. The van der Waals surface area contributed by atoms with Gasteiger partial charge in [-0.05, 0) is 30.3 Å². The molecule has 0 bridgehead atoms. The average Bonchev–Trinajstić information content (AvgIpc) is 2.37. The Labute approximate surface area is 121 Å². The molecule has 0 saturated heterocycles. The molecule has 0 radical (unpaired) electrons. The van der Waals surface area contributed by atoms with Crippen molar-refractivity contribution in [3.05, 3.63) is 57.0 Å². The zero-order chi connectivity index (χ0) is 14.0. The van der Waals surface area contributed by atoms with E-state index < -0.39 is 11.6 Å². The molecule has 0 saturated carbocycles. The summed E-state index contributed by atoms with van der Waals surface area (Å²) in [6.07, 6.45) is 0. The standard InChI is InChI=1S/C13H8BrClF2O2/c14-8-4-10(16)13(17)12(5-8)19-11-2-1-9(15)3-7(11)6-18/h1-5,18H,6H2. The number of aliphatic hydroxyl groups is 1. The van der Waals surface area contributed by atoms with E-state index in [0.29, 0.717) is 15.1 Å². The first-order valence-electron chi connectivity index (χ1n) is 5.23. The van der Waals surface area contributed by atoms with Crippen molar-refractivity contribution < 1.29 is 18.6 Å². The summed E-state index contributed by atoms with van der Waals surface area (Å²) in [4.78, 5) is 0. The van der Waals surface area contributed by atoms with Crippen molar-refractivity contribution in [3.63, 3.8) is 0 Å². The Morgan fingerprint density at radius 2 is 1.89 bits per heavy atom. The van der Waals surface area contributed by atoms with Crippen LogP contribution in [0.3, 0.4) is 0 Å². The van der Waals surface area contributed by atoms with E-state index in [0.717, 1.165) is 6.07 Å². The summed E-state index contributed by atoms with van der Waals surface area (Å²) in [7, 11) is 0. The van der Waals surface area contributed by atoms with Gasteiger partial charge in [-0.1, -0.05) is 27.5 Å². The summed E-state index contributed by atoms with van der Waals surface area (Å²) in [6.45, 7) is -0.325. The maximum Gasteiger partial charge on any atom is 0.201 e. The molecule has 0 aromatic heterocycles. The predicted octanol–water partition coefficient (Wildman–Crippen LogP) is 4.67. The Kier molecular flexibility index (Phi) is 4.39. The average molecular weight is 350 g/mol. The lowest BCUT2D eigenvalue weighted by molar-refractivity contribution is 0.275. The van der Waals surface area contributed by atoms with Gasteiger partial charge in [0.2, 0.25) is 5.82 Å². The molecule has 2 nitrogen and oxygen atoms in total. The largest absolute Gasteiger partial charge is 0.454 e. The molecule has 0 aliphatic rings. The van der Waals surface area contributed by atoms with Gasteiger partial charge >= 0.3 is 0 Å². The van der Waals surface area contributed by atoms with Crippen LogP contribution in [0.1, 0.15) is 5.56 Å². The van der Waals surface area contributed by atoms with E-state index in [4.69, 9.17) is 16.3 Å². The van der Waals surface area contributed by atoms with Crippen molar-refractivity contribution in [2.24, 2.45) is 0 Å². The summed E-state index contributed by atoms with van der Waals surface area (Å²) in [6, 6.07) is 6.79. The van der Waals surface area contributed by atoms with Gasteiger partial charge in [0.05, 0.1) is 6.61 Å². The Morgan fingerprint density at radius 1 is 1.16 bits per heavy atom. The molecule has 2 aromatic rings. The fourth-order valence-corrected chi connectivity index (χ4v) is 2.10. The van der Waals surface area contributed by atoms with Crippen molar-refractivity contribution in [1.29, 1.82) is 0 Å². The maximum atomic E-state index is 13.6. The second kappa shape index (κ2) is 5.86. The fourth-order valence-electron chi connectivity index (χ4n) is 1.50. The van der Waals surface area contributed by atoms with Gasteiger partial charge in [-0.25, -0.2) is 4.39 Å². The lowest BCUT2D eigenvalue weighted by Gasteiger charge is -2.11. The third kappa shape index (κ3) is 3.23. The molecule has 2 rings (SSSR count). The highest BCUT2D eigenvalue weighted by atomic mass is 79.9. The minimum atomic E-state index is -1.10. The molecular formula is C13H8BrClF2O2. The van der Waals surface area contributed by atoms with Crippen LogP contribution in [0.2, 0.25) is 5.02 Å². The molecule has 6 heteroatoms. The first-order chi connectivity index (χ1) is 9.01. The van der Waals surface area contributed by atoms with Crippen LogP contribution in [0.25, 0.3) is 0 Å². The molecule has 0 fully saturated rings. The predicted molar refractivity (Wildman–Crippen MR) is 71.5 cm³/mol.